The number of methoxy groups -OCH3 is 1. The lowest BCUT2D eigenvalue weighted by Gasteiger charge is -2.17. The van der Waals surface area contributed by atoms with E-state index in [0.29, 0.717) is 12.1 Å². The third kappa shape index (κ3) is 3.33. The zero-order valence-corrected chi connectivity index (χ0v) is 12.5. The number of nitrogens with two attached hydrogens (primary N) is 1. The average molecular weight is 340 g/mol. The molecule has 0 saturated heterocycles. The molecule has 2 aromatic rings. The summed E-state index contributed by atoms with van der Waals surface area (Å²) in [6.45, 7) is 0. The highest BCUT2D eigenvalue weighted by Crippen LogP contribution is 2.27. The molecular formula is C14H15BrFN3O. The third-order valence-electron chi connectivity index (χ3n) is 3.00. The summed E-state index contributed by atoms with van der Waals surface area (Å²) in [6, 6.07) is 8.12. The maximum absolute atomic E-state index is 13.8. The second-order valence-corrected chi connectivity index (χ2v) is 5.11. The Kier molecular flexibility index (Phi) is 5.05. The Hall–Kier alpha value is -1.50. The Morgan fingerprint density at radius 1 is 1.45 bits per heavy atom. The van der Waals surface area contributed by atoms with E-state index in [2.05, 4.69) is 26.3 Å². The lowest BCUT2D eigenvalue weighted by Crippen LogP contribution is -2.31. The second-order valence-electron chi connectivity index (χ2n) is 4.25. The van der Waals surface area contributed by atoms with Gasteiger partial charge < -0.3 is 4.74 Å². The van der Waals surface area contributed by atoms with E-state index in [9.17, 15) is 4.39 Å². The molecule has 1 unspecified atom stereocenters. The van der Waals surface area contributed by atoms with Crippen LogP contribution in [0.3, 0.4) is 0 Å². The first-order valence-corrected chi connectivity index (χ1v) is 6.84. The minimum Gasteiger partial charge on any atom is -0.497 e. The standard InChI is InChI=1S/C14H15BrFN3O/c1-20-10-4-5-11(15)9(7-10)8-13(19-17)14-12(16)3-2-6-18-14/h2-7,13,19H,8,17H2,1H3. The average Bonchev–Trinajstić information content (AvgIpc) is 2.47. The van der Waals surface area contributed by atoms with Gasteiger partial charge in [0.1, 0.15) is 11.6 Å². The van der Waals surface area contributed by atoms with Crippen molar-refractivity contribution in [1.82, 2.24) is 10.4 Å². The maximum atomic E-state index is 13.8. The first kappa shape index (κ1) is 14.9. The number of benzene rings is 1. The molecule has 0 aliphatic rings. The molecule has 1 heterocycles. The SMILES string of the molecule is COc1ccc(Br)c(CC(NN)c2ncccc2F)c1. The van der Waals surface area contributed by atoms with Gasteiger partial charge in [-0.3, -0.25) is 16.3 Å². The van der Waals surface area contributed by atoms with Gasteiger partial charge in [-0.1, -0.05) is 15.9 Å². The number of hydrazine groups is 1. The summed E-state index contributed by atoms with van der Waals surface area (Å²) in [5.74, 6) is 5.90. The summed E-state index contributed by atoms with van der Waals surface area (Å²) >= 11 is 3.47. The van der Waals surface area contributed by atoms with E-state index < -0.39 is 6.04 Å². The molecule has 0 aliphatic carbocycles. The van der Waals surface area contributed by atoms with Crippen LogP contribution in [0.15, 0.2) is 41.0 Å². The van der Waals surface area contributed by atoms with Crippen LogP contribution in [0.5, 0.6) is 5.75 Å². The summed E-state index contributed by atoms with van der Waals surface area (Å²) in [5, 5.41) is 0. The molecule has 1 atom stereocenters. The van der Waals surface area contributed by atoms with Gasteiger partial charge in [-0.2, -0.15) is 0 Å². The normalized spacial score (nSPS) is 12.2. The van der Waals surface area contributed by atoms with E-state index in [1.165, 1.54) is 6.07 Å². The highest BCUT2D eigenvalue weighted by molar-refractivity contribution is 9.10. The van der Waals surface area contributed by atoms with Crippen molar-refractivity contribution < 1.29 is 9.13 Å². The van der Waals surface area contributed by atoms with Gasteiger partial charge in [0.15, 0.2) is 0 Å². The van der Waals surface area contributed by atoms with Gasteiger partial charge in [-0.15, -0.1) is 0 Å². The van der Waals surface area contributed by atoms with Crippen LogP contribution in [-0.2, 0) is 6.42 Å². The Morgan fingerprint density at radius 3 is 2.90 bits per heavy atom. The topological polar surface area (TPSA) is 60.2 Å². The minimum atomic E-state index is -0.417. The molecule has 0 amide bonds. The molecule has 1 aromatic carbocycles. The van der Waals surface area contributed by atoms with E-state index in [4.69, 9.17) is 10.6 Å². The number of halogens is 2. The van der Waals surface area contributed by atoms with Crippen LogP contribution < -0.4 is 16.0 Å². The second kappa shape index (κ2) is 6.78. The Morgan fingerprint density at radius 2 is 2.25 bits per heavy atom. The molecule has 4 nitrogen and oxygen atoms in total. The molecular weight excluding hydrogens is 325 g/mol. The van der Waals surface area contributed by atoms with Crippen molar-refractivity contribution in [1.29, 1.82) is 0 Å². The Labute approximate surface area is 125 Å². The quantitative estimate of drug-likeness (QED) is 0.649. The van der Waals surface area contributed by atoms with Crippen molar-refractivity contribution in [3.8, 4) is 5.75 Å². The van der Waals surface area contributed by atoms with Gasteiger partial charge >= 0.3 is 0 Å². The van der Waals surface area contributed by atoms with Crippen molar-refractivity contribution in [3.63, 3.8) is 0 Å². The van der Waals surface area contributed by atoms with Gasteiger partial charge in [0.05, 0.1) is 18.8 Å². The van der Waals surface area contributed by atoms with Crippen LogP contribution in [0.4, 0.5) is 4.39 Å². The van der Waals surface area contributed by atoms with Crippen molar-refractivity contribution in [2.24, 2.45) is 5.84 Å². The highest BCUT2D eigenvalue weighted by atomic mass is 79.9. The zero-order chi connectivity index (χ0) is 14.5. The van der Waals surface area contributed by atoms with Crippen molar-refractivity contribution >= 4 is 15.9 Å². The largest absolute Gasteiger partial charge is 0.497 e. The Bertz CT molecular complexity index is 594. The molecule has 106 valence electrons. The molecule has 0 fully saturated rings. The van der Waals surface area contributed by atoms with Crippen LogP contribution in [0, 0.1) is 5.82 Å². The zero-order valence-electron chi connectivity index (χ0n) is 10.9. The Balaban J connectivity index is 2.29. The summed E-state index contributed by atoms with van der Waals surface area (Å²) in [7, 11) is 1.60. The summed E-state index contributed by atoms with van der Waals surface area (Å²) < 4.78 is 19.9. The number of hydrogen-bond donors (Lipinski definition) is 2. The molecule has 6 heteroatoms. The number of pyridine rings is 1. The van der Waals surface area contributed by atoms with E-state index in [0.717, 1.165) is 15.8 Å². The van der Waals surface area contributed by atoms with Gasteiger partial charge in [-0.25, -0.2) is 4.39 Å². The van der Waals surface area contributed by atoms with Crippen LogP contribution >= 0.6 is 15.9 Å². The number of hydrogen-bond acceptors (Lipinski definition) is 4. The number of rotatable bonds is 5. The van der Waals surface area contributed by atoms with Crippen LogP contribution in [0.1, 0.15) is 17.3 Å². The lowest BCUT2D eigenvalue weighted by molar-refractivity contribution is 0.413. The minimum absolute atomic E-state index is 0.296. The number of aromatic nitrogens is 1. The number of nitrogens with one attached hydrogen (secondary N) is 1. The summed E-state index contributed by atoms with van der Waals surface area (Å²) in [6.07, 6.45) is 2.03. The monoisotopic (exact) mass is 339 g/mol. The first-order valence-electron chi connectivity index (χ1n) is 6.04. The summed E-state index contributed by atoms with van der Waals surface area (Å²) in [5.41, 5.74) is 3.86. The molecule has 0 aliphatic heterocycles. The van der Waals surface area contributed by atoms with E-state index in [-0.39, 0.29) is 5.82 Å². The van der Waals surface area contributed by atoms with Crippen LogP contribution in [-0.4, -0.2) is 12.1 Å². The third-order valence-corrected chi connectivity index (χ3v) is 3.77. The number of nitrogens with zero attached hydrogens (tertiary/aromatic N) is 1. The van der Waals surface area contributed by atoms with Crippen molar-refractivity contribution in [2.75, 3.05) is 7.11 Å². The highest BCUT2D eigenvalue weighted by Gasteiger charge is 2.17. The summed E-state index contributed by atoms with van der Waals surface area (Å²) in [4.78, 5) is 4.05. The van der Waals surface area contributed by atoms with E-state index in [1.54, 1.807) is 19.4 Å². The van der Waals surface area contributed by atoms with E-state index >= 15 is 0 Å². The fourth-order valence-corrected chi connectivity index (χ4v) is 2.35. The van der Waals surface area contributed by atoms with Gasteiger partial charge in [0.25, 0.3) is 0 Å². The van der Waals surface area contributed by atoms with Crippen LogP contribution in [0.2, 0.25) is 0 Å². The molecule has 0 radical (unpaired) electrons. The molecule has 0 saturated carbocycles. The molecule has 2 rings (SSSR count). The van der Waals surface area contributed by atoms with Gasteiger partial charge in [0, 0.05) is 10.7 Å². The smallest absolute Gasteiger partial charge is 0.146 e. The van der Waals surface area contributed by atoms with Crippen molar-refractivity contribution in [3.05, 3.63) is 58.1 Å². The van der Waals surface area contributed by atoms with Crippen LogP contribution in [0.25, 0.3) is 0 Å². The predicted molar refractivity (Wildman–Crippen MR) is 78.7 cm³/mol. The predicted octanol–water partition coefficient (Wildman–Crippen LogP) is 2.74. The lowest BCUT2D eigenvalue weighted by atomic mass is 10.0. The van der Waals surface area contributed by atoms with Gasteiger partial charge in [0.2, 0.25) is 0 Å². The molecule has 0 bridgehead atoms. The molecule has 1 aromatic heterocycles. The van der Waals surface area contributed by atoms with Crippen molar-refractivity contribution in [2.45, 2.75) is 12.5 Å². The maximum Gasteiger partial charge on any atom is 0.146 e. The first-order chi connectivity index (χ1) is 9.65. The molecule has 3 N–H and O–H groups in total. The number of ether oxygens (including phenoxy) is 1. The molecule has 0 spiro atoms. The fourth-order valence-electron chi connectivity index (χ4n) is 1.94. The fraction of sp³-hybridized carbons (Fsp3) is 0.214. The molecule has 20 heavy (non-hydrogen) atoms. The van der Waals surface area contributed by atoms with E-state index in [1.807, 2.05) is 18.2 Å². The van der Waals surface area contributed by atoms with Gasteiger partial charge in [-0.05, 0) is 42.3 Å².